The lowest BCUT2D eigenvalue weighted by molar-refractivity contribution is -0.215. The number of rotatable bonds is 3. The van der Waals surface area contributed by atoms with E-state index >= 15 is 0 Å². The van der Waals surface area contributed by atoms with Gasteiger partial charge in [-0.05, 0) is 42.6 Å². The highest BCUT2D eigenvalue weighted by Crippen LogP contribution is 2.68. The van der Waals surface area contributed by atoms with Crippen LogP contribution < -0.4 is 0 Å². The van der Waals surface area contributed by atoms with Gasteiger partial charge in [0.2, 0.25) is 5.78 Å². The number of aromatic hydroxyl groups is 1. The number of hydrogen-bond donors (Lipinski definition) is 5. The monoisotopic (exact) mass is 566 g/mol. The van der Waals surface area contributed by atoms with Crippen LogP contribution >= 0.6 is 0 Å². The van der Waals surface area contributed by atoms with Crippen molar-refractivity contribution >= 4 is 23.1 Å². The van der Waals surface area contributed by atoms with Gasteiger partial charge in [0.25, 0.3) is 0 Å². The van der Waals surface area contributed by atoms with Crippen molar-refractivity contribution in [2.45, 2.75) is 104 Å². The van der Waals surface area contributed by atoms with Gasteiger partial charge in [0.1, 0.15) is 22.8 Å². The molecule has 5 N–H and O–H groups in total. The Hall–Kier alpha value is -2.97. The molecule has 1 aromatic rings. The molecule has 1 unspecified atom stereocenters. The van der Waals surface area contributed by atoms with E-state index in [0.717, 1.165) is 39.0 Å². The van der Waals surface area contributed by atoms with Crippen LogP contribution in [0.15, 0.2) is 29.0 Å². The van der Waals surface area contributed by atoms with Crippen LogP contribution in [-0.4, -0.2) is 54.6 Å². The Bertz CT molecular complexity index is 1440. The van der Waals surface area contributed by atoms with Crippen molar-refractivity contribution in [1.29, 1.82) is 0 Å². The fourth-order valence-corrected chi connectivity index (χ4v) is 9.02. The van der Waals surface area contributed by atoms with Gasteiger partial charge in [-0.3, -0.25) is 14.4 Å². The van der Waals surface area contributed by atoms with Crippen molar-refractivity contribution in [3.8, 4) is 5.75 Å². The SMILES string of the molecule is CC(=O)C1=C(O)[C@]2(O)C(=O)C3=C(O)c4c(ccc(C5(C)CCCCC5)c4O)[C@@H](C)[C@]3(C)[C@@H](O)[C@]2(C)C(C(C)C)C1=O. The van der Waals surface area contributed by atoms with Crippen molar-refractivity contribution in [2.24, 2.45) is 22.7 Å². The van der Waals surface area contributed by atoms with E-state index in [-0.39, 0.29) is 22.3 Å². The van der Waals surface area contributed by atoms with Gasteiger partial charge in [-0.1, -0.05) is 72.9 Å². The van der Waals surface area contributed by atoms with Gasteiger partial charge in [-0.25, -0.2) is 0 Å². The van der Waals surface area contributed by atoms with Gasteiger partial charge in [-0.2, -0.15) is 0 Å². The van der Waals surface area contributed by atoms with Crippen LogP contribution in [0, 0.1) is 22.7 Å². The number of carbonyl (C=O) groups is 3. The second-order valence-corrected chi connectivity index (χ2v) is 13.9. The molecule has 0 aromatic heterocycles. The molecule has 8 nitrogen and oxygen atoms in total. The van der Waals surface area contributed by atoms with Crippen LogP contribution in [0.3, 0.4) is 0 Å². The normalized spacial score (nSPS) is 36.7. The molecule has 0 amide bonds. The summed E-state index contributed by atoms with van der Waals surface area (Å²) in [7, 11) is 0. The molecule has 8 heteroatoms. The van der Waals surface area contributed by atoms with Gasteiger partial charge in [0.15, 0.2) is 17.2 Å². The van der Waals surface area contributed by atoms with Crippen molar-refractivity contribution in [3.63, 3.8) is 0 Å². The zero-order valence-electron chi connectivity index (χ0n) is 25.0. The molecule has 0 spiro atoms. The van der Waals surface area contributed by atoms with E-state index < -0.39 is 74.7 Å². The van der Waals surface area contributed by atoms with E-state index in [1.165, 1.54) is 6.92 Å². The first kappa shape index (κ1) is 29.5. The first-order chi connectivity index (χ1) is 18.9. The van der Waals surface area contributed by atoms with E-state index in [2.05, 4.69) is 6.92 Å². The minimum Gasteiger partial charge on any atom is -0.508 e. The second kappa shape index (κ2) is 9.01. The average molecular weight is 567 g/mol. The Morgan fingerprint density at radius 2 is 1.59 bits per heavy atom. The summed E-state index contributed by atoms with van der Waals surface area (Å²) in [6.07, 6.45) is 3.21. The summed E-state index contributed by atoms with van der Waals surface area (Å²) in [6.45, 7) is 11.3. The fourth-order valence-electron chi connectivity index (χ4n) is 9.02. The maximum Gasteiger partial charge on any atom is 0.203 e. The van der Waals surface area contributed by atoms with Crippen LogP contribution in [-0.2, 0) is 19.8 Å². The summed E-state index contributed by atoms with van der Waals surface area (Å²) in [5.41, 5.74) is -6.41. The molecule has 4 aliphatic carbocycles. The molecule has 41 heavy (non-hydrogen) atoms. The van der Waals surface area contributed by atoms with E-state index in [9.17, 15) is 39.9 Å². The summed E-state index contributed by atoms with van der Waals surface area (Å²) in [4.78, 5) is 40.8. The number of carbonyl (C=O) groups excluding carboxylic acids is 3. The molecule has 0 heterocycles. The van der Waals surface area contributed by atoms with Gasteiger partial charge in [0.05, 0.1) is 17.2 Å². The predicted molar refractivity (Wildman–Crippen MR) is 152 cm³/mol. The van der Waals surface area contributed by atoms with Gasteiger partial charge >= 0.3 is 0 Å². The van der Waals surface area contributed by atoms with Crippen molar-refractivity contribution in [3.05, 3.63) is 45.7 Å². The van der Waals surface area contributed by atoms with Crippen LogP contribution in [0.4, 0.5) is 0 Å². The molecule has 222 valence electrons. The molecule has 2 saturated carbocycles. The van der Waals surface area contributed by atoms with E-state index in [1.54, 1.807) is 27.7 Å². The minimum absolute atomic E-state index is 0.0737. The second-order valence-electron chi connectivity index (χ2n) is 13.9. The Morgan fingerprint density at radius 3 is 2.12 bits per heavy atom. The van der Waals surface area contributed by atoms with Crippen LogP contribution in [0.1, 0.15) is 103 Å². The summed E-state index contributed by atoms with van der Waals surface area (Å²) in [5.74, 6) is -6.84. The molecule has 4 aliphatic rings. The van der Waals surface area contributed by atoms with Crippen LogP contribution in [0.2, 0.25) is 0 Å². The minimum atomic E-state index is -2.88. The Balaban J connectivity index is 1.84. The maximum absolute atomic E-state index is 14.6. The summed E-state index contributed by atoms with van der Waals surface area (Å²) >= 11 is 0. The van der Waals surface area contributed by atoms with E-state index in [4.69, 9.17) is 0 Å². The largest absolute Gasteiger partial charge is 0.508 e. The lowest BCUT2D eigenvalue weighted by Gasteiger charge is -2.63. The molecule has 6 atom stereocenters. The third kappa shape index (κ3) is 3.32. The fraction of sp³-hybridized carbons (Fsp3) is 0.606. The van der Waals surface area contributed by atoms with Gasteiger partial charge in [0, 0.05) is 22.3 Å². The number of ketones is 3. The third-order valence-corrected chi connectivity index (χ3v) is 11.4. The van der Waals surface area contributed by atoms with Crippen LogP contribution in [0.25, 0.3) is 5.76 Å². The number of fused-ring (bicyclic) bond motifs is 3. The van der Waals surface area contributed by atoms with Crippen molar-refractivity contribution < 1.29 is 39.9 Å². The molecule has 0 saturated heterocycles. The van der Waals surface area contributed by atoms with E-state index in [1.807, 2.05) is 12.1 Å². The summed E-state index contributed by atoms with van der Waals surface area (Å²) in [5, 5.41) is 59.4. The zero-order valence-corrected chi connectivity index (χ0v) is 25.0. The Morgan fingerprint density at radius 1 is 1.00 bits per heavy atom. The Labute approximate surface area is 240 Å². The van der Waals surface area contributed by atoms with Crippen molar-refractivity contribution in [2.75, 3.05) is 0 Å². The van der Waals surface area contributed by atoms with E-state index in [0.29, 0.717) is 11.1 Å². The average Bonchev–Trinajstić information content (AvgIpc) is 2.89. The number of phenolic OH excluding ortho intramolecular Hbond substituents is 1. The zero-order chi connectivity index (χ0) is 30.6. The van der Waals surface area contributed by atoms with Crippen molar-refractivity contribution in [1.82, 2.24) is 0 Å². The Kier molecular flexibility index (Phi) is 6.49. The molecule has 0 aliphatic heterocycles. The summed E-state index contributed by atoms with van der Waals surface area (Å²) < 4.78 is 0. The third-order valence-electron chi connectivity index (χ3n) is 11.4. The lowest BCUT2D eigenvalue weighted by atomic mass is 9.40. The molecule has 0 bridgehead atoms. The molecule has 5 rings (SSSR count). The van der Waals surface area contributed by atoms with Gasteiger partial charge in [-0.15, -0.1) is 0 Å². The first-order valence-electron chi connectivity index (χ1n) is 14.7. The number of benzene rings is 1. The highest BCUT2D eigenvalue weighted by Gasteiger charge is 2.77. The number of Topliss-reactive ketones (excluding diaryl/α,β-unsaturated/α-hetero) is 3. The summed E-state index contributed by atoms with van der Waals surface area (Å²) in [6, 6.07) is 3.69. The molecule has 0 radical (unpaired) electrons. The number of aliphatic hydroxyl groups excluding tert-OH is 3. The molecule has 1 aromatic carbocycles. The highest BCUT2D eigenvalue weighted by atomic mass is 16.4. The van der Waals surface area contributed by atoms with Crippen LogP contribution in [0.5, 0.6) is 5.75 Å². The quantitative estimate of drug-likeness (QED) is 0.323. The number of aliphatic hydroxyl groups is 4. The maximum atomic E-state index is 14.6. The topological polar surface area (TPSA) is 152 Å². The standard InChI is InChI=1S/C33H42O8/c1-15(2)22-25(36)20(17(4)34)27(38)33(41)28(39)23-26(37)21-18(16(3)31(23,6)29(40)32(22,33)7)11-12-19(24(21)35)30(5)13-9-8-10-14-30/h11-12,15-16,22,29,35,37-38,40-41H,8-10,13-14H2,1-7H3/t16-,22?,29-,31+,32+,33+/m1/s1. The number of hydrogen-bond acceptors (Lipinski definition) is 8. The number of phenols is 1. The lowest BCUT2D eigenvalue weighted by Crippen LogP contribution is -2.75. The predicted octanol–water partition coefficient (Wildman–Crippen LogP) is 4.94. The van der Waals surface area contributed by atoms with Gasteiger partial charge < -0.3 is 25.5 Å². The first-order valence-corrected chi connectivity index (χ1v) is 14.7. The molecule has 2 fully saturated rings. The molecular formula is C33H42O8. The number of allylic oxidation sites excluding steroid dienone is 1. The smallest absolute Gasteiger partial charge is 0.203 e. The highest BCUT2D eigenvalue weighted by molar-refractivity contribution is 6.24. The molecular weight excluding hydrogens is 524 g/mol.